The highest BCUT2D eigenvalue weighted by Gasteiger charge is 2.27. The zero-order chi connectivity index (χ0) is 18.2. The van der Waals surface area contributed by atoms with Crippen molar-refractivity contribution in [2.45, 2.75) is 16.7 Å². The topological polar surface area (TPSA) is 115 Å². The lowest BCUT2D eigenvalue weighted by Gasteiger charge is -2.02. The molecule has 1 aromatic heterocycles. The molecule has 9 heteroatoms. The number of hydrogen-bond donors (Lipinski definition) is 1. The van der Waals surface area contributed by atoms with E-state index in [9.17, 15) is 23.3 Å². The highest BCUT2D eigenvalue weighted by atomic mass is 32.2. The van der Waals surface area contributed by atoms with Gasteiger partial charge in [0.15, 0.2) is 4.90 Å². The van der Waals surface area contributed by atoms with Crippen LogP contribution in [0.3, 0.4) is 0 Å². The molecule has 3 rings (SSSR count). The molecular formula is C16H13N3O5S. The molecule has 1 N–H and O–H groups in total. The minimum Gasteiger partial charge on any atom is -0.294 e. The Balaban J connectivity index is 2.14. The number of aromatic nitrogens is 2. The smallest absolute Gasteiger partial charge is 0.290 e. The van der Waals surface area contributed by atoms with Crippen molar-refractivity contribution in [1.29, 1.82) is 0 Å². The number of aromatic amines is 1. The van der Waals surface area contributed by atoms with Crippen LogP contribution in [-0.4, -0.2) is 23.1 Å². The Morgan fingerprint density at radius 3 is 2.20 bits per heavy atom. The second-order valence-corrected chi connectivity index (χ2v) is 7.18. The summed E-state index contributed by atoms with van der Waals surface area (Å²) in [5, 5.41) is 13.4. The van der Waals surface area contributed by atoms with E-state index in [0.717, 1.165) is 28.9 Å². The monoisotopic (exact) mass is 359 g/mol. The second-order valence-electron chi connectivity index (χ2n) is 5.30. The summed E-state index contributed by atoms with van der Waals surface area (Å²) in [6, 6.07) is 13.0. The standard InChI is InChI=1S/C16H13N3O5S/c1-11-15(16(20)18(17-11)12-5-3-2-4-6-12)25(23,24)14-9-7-13(8-10-14)19(21)22/h2-10,17H,1H3. The van der Waals surface area contributed by atoms with Crippen LogP contribution in [0.2, 0.25) is 0 Å². The van der Waals surface area contributed by atoms with Crippen LogP contribution >= 0.6 is 0 Å². The Bertz CT molecular complexity index is 1100. The number of nitrogens with zero attached hydrogens (tertiary/aromatic N) is 2. The molecule has 2 aromatic carbocycles. The van der Waals surface area contributed by atoms with Gasteiger partial charge >= 0.3 is 0 Å². The third-order valence-corrected chi connectivity index (χ3v) is 5.57. The molecule has 0 amide bonds. The lowest BCUT2D eigenvalue weighted by atomic mass is 10.3. The van der Waals surface area contributed by atoms with E-state index in [0.29, 0.717) is 5.69 Å². The van der Waals surface area contributed by atoms with E-state index in [-0.39, 0.29) is 21.2 Å². The summed E-state index contributed by atoms with van der Waals surface area (Å²) in [5.41, 5.74) is -0.249. The molecule has 0 aliphatic carbocycles. The van der Waals surface area contributed by atoms with Gasteiger partial charge in [-0.2, -0.15) is 0 Å². The molecule has 3 aromatic rings. The van der Waals surface area contributed by atoms with Crippen molar-refractivity contribution >= 4 is 15.5 Å². The molecule has 0 aliphatic rings. The maximum atomic E-state index is 12.8. The third kappa shape index (κ3) is 2.85. The minimum absolute atomic E-state index is 0.183. The number of rotatable bonds is 4. The molecule has 0 saturated heterocycles. The van der Waals surface area contributed by atoms with Crippen molar-refractivity contribution in [3.63, 3.8) is 0 Å². The summed E-state index contributed by atoms with van der Waals surface area (Å²) >= 11 is 0. The summed E-state index contributed by atoms with van der Waals surface area (Å²) in [6.45, 7) is 1.49. The van der Waals surface area contributed by atoms with Crippen molar-refractivity contribution in [1.82, 2.24) is 9.78 Å². The van der Waals surface area contributed by atoms with Gasteiger partial charge in [-0.15, -0.1) is 0 Å². The minimum atomic E-state index is -4.12. The molecule has 1 heterocycles. The van der Waals surface area contributed by atoms with Crippen molar-refractivity contribution in [2.24, 2.45) is 0 Å². The van der Waals surface area contributed by atoms with Gasteiger partial charge in [-0.1, -0.05) is 18.2 Å². The van der Waals surface area contributed by atoms with Gasteiger partial charge in [-0.25, -0.2) is 13.1 Å². The van der Waals surface area contributed by atoms with Crippen LogP contribution in [0.4, 0.5) is 5.69 Å². The van der Waals surface area contributed by atoms with Crippen LogP contribution < -0.4 is 5.56 Å². The van der Waals surface area contributed by atoms with Crippen LogP contribution in [0.5, 0.6) is 0 Å². The van der Waals surface area contributed by atoms with Crippen LogP contribution in [0, 0.1) is 17.0 Å². The molecule has 25 heavy (non-hydrogen) atoms. The predicted octanol–water partition coefficient (Wildman–Crippen LogP) is 2.22. The largest absolute Gasteiger partial charge is 0.294 e. The Hall–Kier alpha value is -3.20. The van der Waals surface area contributed by atoms with Crippen molar-refractivity contribution in [3.8, 4) is 5.69 Å². The molecule has 0 spiro atoms. The van der Waals surface area contributed by atoms with E-state index in [1.165, 1.54) is 6.92 Å². The number of H-pyrrole nitrogens is 1. The van der Waals surface area contributed by atoms with Gasteiger partial charge in [0.2, 0.25) is 9.84 Å². The Labute approximate surface area is 142 Å². The van der Waals surface area contributed by atoms with Crippen LogP contribution in [0.15, 0.2) is 69.2 Å². The molecule has 0 radical (unpaired) electrons. The fourth-order valence-electron chi connectivity index (χ4n) is 2.47. The fourth-order valence-corrected chi connectivity index (χ4v) is 3.97. The summed E-state index contributed by atoms with van der Waals surface area (Å²) in [4.78, 5) is 22.1. The SMILES string of the molecule is Cc1[nH]n(-c2ccccc2)c(=O)c1S(=O)(=O)c1ccc([N+](=O)[O-])cc1. The van der Waals surface area contributed by atoms with Crippen molar-refractivity contribution in [2.75, 3.05) is 0 Å². The van der Waals surface area contributed by atoms with E-state index in [4.69, 9.17) is 0 Å². The number of hydrogen-bond acceptors (Lipinski definition) is 5. The molecule has 0 bridgehead atoms. The summed E-state index contributed by atoms with van der Waals surface area (Å²) in [6.07, 6.45) is 0. The van der Waals surface area contributed by atoms with Gasteiger partial charge in [0.05, 0.1) is 21.2 Å². The van der Waals surface area contributed by atoms with Crippen molar-refractivity contribution < 1.29 is 13.3 Å². The zero-order valence-electron chi connectivity index (χ0n) is 13.0. The summed E-state index contributed by atoms with van der Waals surface area (Å²) < 4.78 is 26.7. The first-order valence-corrected chi connectivity index (χ1v) is 8.67. The third-order valence-electron chi connectivity index (χ3n) is 3.66. The maximum absolute atomic E-state index is 12.8. The quantitative estimate of drug-likeness (QED) is 0.566. The van der Waals surface area contributed by atoms with Crippen molar-refractivity contribution in [3.05, 3.63) is 80.8 Å². The first-order valence-electron chi connectivity index (χ1n) is 7.19. The number of nitrogens with one attached hydrogen (secondary N) is 1. The second kappa shape index (κ2) is 6.02. The van der Waals surface area contributed by atoms with Crippen LogP contribution in [0.25, 0.3) is 5.69 Å². The number of sulfone groups is 1. The molecule has 8 nitrogen and oxygen atoms in total. The zero-order valence-corrected chi connectivity index (χ0v) is 13.9. The van der Waals surface area contributed by atoms with E-state index in [1.54, 1.807) is 30.3 Å². The molecule has 0 saturated carbocycles. The fraction of sp³-hybridized carbons (Fsp3) is 0.0625. The highest BCUT2D eigenvalue weighted by Crippen LogP contribution is 2.23. The Kier molecular flexibility index (Phi) is 4.01. The lowest BCUT2D eigenvalue weighted by Crippen LogP contribution is -2.20. The van der Waals surface area contributed by atoms with E-state index >= 15 is 0 Å². The van der Waals surface area contributed by atoms with Gasteiger partial charge in [0.1, 0.15) is 0 Å². The molecular weight excluding hydrogens is 346 g/mol. The Morgan fingerprint density at radius 1 is 1.04 bits per heavy atom. The van der Waals surface area contributed by atoms with E-state index < -0.39 is 20.3 Å². The highest BCUT2D eigenvalue weighted by molar-refractivity contribution is 7.91. The van der Waals surface area contributed by atoms with Gasteiger partial charge in [-0.3, -0.25) is 20.0 Å². The first-order chi connectivity index (χ1) is 11.8. The first kappa shape index (κ1) is 16.7. The molecule has 128 valence electrons. The predicted molar refractivity (Wildman–Crippen MR) is 89.7 cm³/mol. The van der Waals surface area contributed by atoms with Gasteiger partial charge < -0.3 is 0 Å². The number of aryl methyl sites for hydroxylation is 1. The Morgan fingerprint density at radius 2 is 1.64 bits per heavy atom. The number of para-hydroxylation sites is 1. The maximum Gasteiger partial charge on any atom is 0.290 e. The molecule has 0 atom stereocenters. The number of non-ortho nitro benzene ring substituents is 1. The number of benzene rings is 2. The normalized spacial score (nSPS) is 11.4. The van der Waals surface area contributed by atoms with E-state index in [1.807, 2.05) is 0 Å². The average Bonchev–Trinajstić information content (AvgIpc) is 2.90. The summed E-state index contributed by atoms with van der Waals surface area (Å²) in [7, 11) is -4.12. The number of nitro groups is 1. The lowest BCUT2D eigenvalue weighted by molar-refractivity contribution is -0.384. The van der Waals surface area contributed by atoms with Crippen LogP contribution in [0.1, 0.15) is 5.69 Å². The molecule has 0 fully saturated rings. The molecule has 0 aliphatic heterocycles. The van der Waals surface area contributed by atoms with Crippen LogP contribution in [-0.2, 0) is 9.84 Å². The average molecular weight is 359 g/mol. The van der Waals surface area contributed by atoms with Gasteiger partial charge in [0, 0.05) is 12.1 Å². The van der Waals surface area contributed by atoms with Gasteiger partial charge in [-0.05, 0) is 31.2 Å². The summed E-state index contributed by atoms with van der Waals surface area (Å²) in [5.74, 6) is 0. The van der Waals surface area contributed by atoms with E-state index in [2.05, 4.69) is 5.10 Å². The molecule has 0 unspecified atom stereocenters. The number of nitro benzene ring substituents is 1. The van der Waals surface area contributed by atoms with Gasteiger partial charge in [0.25, 0.3) is 11.2 Å².